The van der Waals surface area contributed by atoms with Crippen LogP contribution in [-0.2, 0) is 28.2 Å². The van der Waals surface area contributed by atoms with Gasteiger partial charge in [-0.1, -0.05) is 210 Å². The topological polar surface area (TPSA) is 119 Å². The van der Waals surface area contributed by atoms with Gasteiger partial charge in [0.15, 0.2) is 6.10 Å². The Bertz CT molecular complexity index is 1060. The lowest BCUT2D eigenvalue weighted by Gasteiger charge is -2.18. The Balaban J connectivity index is 3.89. The summed E-state index contributed by atoms with van der Waals surface area (Å²) in [5, 5.41) is 0. The van der Waals surface area contributed by atoms with Crippen LogP contribution in [0.4, 0.5) is 0 Å². The standard InChI is InChI=1S/C48H87O8P/c1-3-5-7-9-11-13-15-17-19-21-22-23-24-25-27-28-30-32-34-36-38-40-42-47(49)54-44-46(45-55-57(51,52)53)56-48(50)43-41-39-37-35-33-31-29-26-20-18-16-14-12-10-8-6-4-2/h12,14,18,20,29,31,35,37,46H,3-11,13,15-17,19,21-28,30,32-34,36,38-45H2,1-2H3,(H2,51,52,53)/b14-12+,20-18+,31-29+,37-35+/t46-/m1/s1. The average molecular weight is 823 g/mol. The van der Waals surface area contributed by atoms with Crippen LogP contribution in [0.25, 0.3) is 0 Å². The van der Waals surface area contributed by atoms with Crippen LogP contribution in [0.15, 0.2) is 48.6 Å². The van der Waals surface area contributed by atoms with Gasteiger partial charge >= 0.3 is 19.8 Å². The van der Waals surface area contributed by atoms with Gasteiger partial charge in [0.05, 0.1) is 6.61 Å². The van der Waals surface area contributed by atoms with E-state index in [0.29, 0.717) is 12.8 Å². The molecule has 0 amide bonds. The maximum atomic E-state index is 12.4. The first kappa shape index (κ1) is 55.0. The van der Waals surface area contributed by atoms with Crippen LogP contribution in [0.1, 0.15) is 226 Å². The van der Waals surface area contributed by atoms with Crippen molar-refractivity contribution in [3.63, 3.8) is 0 Å². The fourth-order valence-corrected chi connectivity index (χ4v) is 6.96. The zero-order valence-electron chi connectivity index (χ0n) is 36.7. The molecule has 0 aliphatic carbocycles. The van der Waals surface area contributed by atoms with Gasteiger partial charge in [0.25, 0.3) is 0 Å². The van der Waals surface area contributed by atoms with Crippen LogP contribution in [0.2, 0.25) is 0 Å². The molecule has 0 fully saturated rings. The monoisotopic (exact) mass is 823 g/mol. The molecule has 0 rings (SSSR count). The van der Waals surface area contributed by atoms with Crippen molar-refractivity contribution < 1.29 is 37.9 Å². The molecule has 0 aromatic rings. The number of hydrogen-bond donors (Lipinski definition) is 2. The second kappa shape index (κ2) is 43.6. The number of carbonyl (C=O) groups is 2. The largest absolute Gasteiger partial charge is 0.469 e. The van der Waals surface area contributed by atoms with Crippen molar-refractivity contribution in [1.29, 1.82) is 0 Å². The van der Waals surface area contributed by atoms with Gasteiger partial charge in [-0.25, -0.2) is 4.57 Å². The van der Waals surface area contributed by atoms with Crippen molar-refractivity contribution in [1.82, 2.24) is 0 Å². The Labute approximate surface area is 350 Å². The van der Waals surface area contributed by atoms with Crippen molar-refractivity contribution in [2.45, 2.75) is 232 Å². The molecule has 0 saturated heterocycles. The molecule has 0 aromatic carbocycles. The highest BCUT2D eigenvalue weighted by molar-refractivity contribution is 7.46. The molecule has 0 spiro atoms. The molecule has 0 saturated carbocycles. The summed E-state index contributed by atoms with van der Waals surface area (Å²) in [7, 11) is -4.77. The molecule has 8 nitrogen and oxygen atoms in total. The van der Waals surface area contributed by atoms with Crippen molar-refractivity contribution in [3.8, 4) is 0 Å². The van der Waals surface area contributed by atoms with E-state index in [-0.39, 0.29) is 19.4 Å². The molecule has 332 valence electrons. The summed E-state index contributed by atoms with van der Waals surface area (Å²) in [5.41, 5.74) is 0. The Morgan fingerprint density at radius 2 is 0.807 bits per heavy atom. The van der Waals surface area contributed by atoms with Crippen LogP contribution >= 0.6 is 7.82 Å². The second-order valence-corrected chi connectivity index (χ2v) is 17.0. The summed E-state index contributed by atoms with van der Waals surface area (Å²) in [6.07, 6.45) is 54.2. The summed E-state index contributed by atoms with van der Waals surface area (Å²) in [6, 6.07) is 0. The molecule has 2 N–H and O–H groups in total. The number of esters is 2. The molecule has 57 heavy (non-hydrogen) atoms. The molecule has 0 aliphatic rings. The van der Waals surface area contributed by atoms with Crippen LogP contribution in [0, 0.1) is 0 Å². The van der Waals surface area contributed by atoms with Gasteiger partial charge in [-0.05, 0) is 51.4 Å². The smallest absolute Gasteiger partial charge is 0.462 e. The molecule has 0 heterocycles. The number of allylic oxidation sites excluding steroid dienone is 8. The van der Waals surface area contributed by atoms with Gasteiger partial charge in [-0.15, -0.1) is 0 Å². The summed E-state index contributed by atoms with van der Waals surface area (Å²) >= 11 is 0. The second-order valence-electron chi connectivity index (χ2n) is 15.7. The zero-order chi connectivity index (χ0) is 41.8. The molecule has 0 unspecified atom stereocenters. The van der Waals surface area contributed by atoms with Gasteiger partial charge in [0.1, 0.15) is 6.61 Å². The van der Waals surface area contributed by atoms with Crippen molar-refractivity contribution >= 4 is 19.8 Å². The van der Waals surface area contributed by atoms with Gasteiger partial charge in [0, 0.05) is 12.8 Å². The first-order valence-corrected chi connectivity index (χ1v) is 25.0. The number of carbonyl (C=O) groups excluding carboxylic acids is 2. The highest BCUT2D eigenvalue weighted by Crippen LogP contribution is 2.36. The molecule has 0 aromatic heterocycles. The maximum absolute atomic E-state index is 12.4. The van der Waals surface area contributed by atoms with E-state index < -0.39 is 32.5 Å². The molecule has 0 bridgehead atoms. The van der Waals surface area contributed by atoms with E-state index in [1.165, 1.54) is 148 Å². The van der Waals surface area contributed by atoms with E-state index in [1.807, 2.05) is 6.08 Å². The summed E-state index contributed by atoms with van der Waals surface area (Å²) in [5.74, 6) is -0.943. The van der Waals surface area contributed by atoms with Gasteiger partial charge in [-0.3, -0.25) is 14.1 Å². The van der Waals surface area contributed by atoms with Crippen LogP contribution in [0.5, 0.6) is 0 Å². The first-order valence-electron chi connectivity index (χ1n) is 23.4. The van der Waals surface area contributed by atoms with Gasteiger partial charge in [-0.2, -0.15) is 0 Å². The highest BCUT2D eigenvalue weighted by Gasteiger charge is 2.22. The number of phosphoric acid groups is 1. The third kappa shape index (κ3) is 46.6. The summed E-state index contributed by atoms with van der Waals surface area (Å²) in [4.78, 5) is 42.9. The van der Waals surface area contributed by atoms with E-state index in [4.69, 9.17) is 19.3 Å². The third-order valence-electron chi connectivity index (χ3n) is 10.1. The normalized spacial score (nSPS) is 12.8. The van der Waals surface area contributed by atoms with E-state index >= 15 is 0 Å². The van der Waals surface area contributed by atoms with Crippen molar-refractivity contribution in [2.75, 3.05) is 13.2 Å². The van der Waals surface area contributed by atoms with Crippen molar-refractivity contribution in [3.05, 3.63) is 48.6 Å². The Kier molecular flexibility index (Phi) is 42.1. The summed E-state index contributed by atoms with van der Waals surface area (Å²) < 4.78 is 26.4. The number of hydrogen-bond acceptors (Lipinski definition) is 6. The SMILES string of the molecule is CCCCC/C=C/C/C=C/C/C=C/C/C=C/CCCC(=O)O[C@H](COC(=O)CCCCCCCCCCCCCCCCCCCCCCCC)COP(=O)(O)O. The predicted octanol–water partition coefficient (Wildman–Crippen LogP) is 14.7. The minimum absolute atomic E-state index is 0.137. The lowest BCUT2D eigenvalue weighted by molar-refractivity contribution is -0.161. The van der Waals surface area contributed by atoms with E-state index in [1.54, 1.807) is 0 Å². The summed E-state index contributed by atoms with van der Waals surface area (Å²) in [6.45, 7) is 3.64. The Morgan fingerprint density at radius 3 is 1.23 bits per heavy atom. The van der Waals surface area contributed by atoms with Crippen molar-refractivity contribution in [2.24, 2.45) is 0 Å². The fourth-order valence-electron chi connectivity index (χ4n) is 6.60. The molecule has 1 atom stereocenters. The molecule has 0 aliphatic heterocycles. The lowest BCUT2D eigenvalue weighted by Crippen LogP contribution is -2.29. The van der Waals surface area contributed by atoms with E-state index in [9.17, 15) is 14.2 Å². The first-order chi connectivity index (χ1) is 27.8. The van der Waals surface area contributed by atoms with Gasteiger partial charge < -0.3 is 19.3 Å². The van der Waals surface area contributed by atoms with E-state index in [0.717, 1.165) is 38.5 Å². The van der Waals surface area contributed by atoms with Gasteiger partial charge in [0.2, 0.25) is 0 Å². The predicted molar refractivity (Wildman–Crippen MR) is 239 cm³/mol. The molecule has 0 radical (unpaired) electrons. The van der Waals surface area contributed by atoms with Crippen LogP contribution < -0.4 is 0 Å². The zero-order valence-corrected chi connectivity index (χ0v) is 37.6. The molecule has 9 heteroatoms. The Hall–Kier alpha value is -1.99. The lowest BCUT2D eigenvalue weighted by atomic mass is 10.0. The molecular formula is C48H87O8P. The van der Waals surface area contributed by atoms with Crippen LogP contribution in [-0.4, -0.2) is 41.0 Å². The number of rotatable bonds is 43. The fraction of sp³-hybridized carbons (Fsp3) is 0.792. The highest BCUT2D eigenvalue weighted by atomic mass is 31.2. The number of unbranched alkanes of at least 4 members (excludes halogenated alkanes) is 25. The minimum atomic E-state index is -4.77. The number of ether oxygens (including phenoxy) is 2. The van der Waals surface area contributed by atoms with E-state index in [2.05, 4.69) is 60.9 Å². The maximum Gasteiger partial charge on any atom is 0.469 e. The molecular weight excluding hydrogens is 735 g/mol. The van der Waals surface area contributed by atoms with Crippen LogP contribution in [0.3, 0.4) is 0 Å². The minimum Gasteiger partial charge on any atom is -0.462 e. The Morgan fingerprint density at radius 1 is 0.456 bits per heavy atom. The quantitative estimate of drug-likeness (QED) is 0.0270. The average Bonchev–Trinajstić information content (AvgIpc) is 3.18. The third-order valence-corrected chi connectivity index (χ3v) is 10.6. The number of phosphoric ester groups is 1.